The van der Waals surface area contributed by atoms with Crippen molar-refractivity contribution in [2.24, 2.45) is 0 Å². The molecule has 0 saturated carbocycles. The maximum absolute atomic E-state index is 10.8. The van der Waals surface area contributed by atoms with Gasteiger partial charge in [-0.15, -0.1) is 0 Å². The maximum atomic E-state index is 10.8. The van der Waals surface area contributed by atoms with Gasteiger partial charge in [-0.25, -0.2) is 0 Å². The molecule has 13 heavy (non-hydrogen) atoms. The fourth-order valence-electron chi connectivity index (χ4n) is 0.883. The molecule has 0 spiro atoms. The normalized spacial score (nSPS) is 11.3. The van der Waals surface area contributed by atoms with Gasteiger partial charge in [-0.3, -0.25) is 9.87 Å². The number of benzene rings is 1. The van der Waals surface area contributed by atoms with Gasteiger partial charge in [0.15, 0.2) is 0 Å². The quantitative estimate of drug-likeness (QED) is 0.767. The molecule has 0 aliphatic rings. The van der Waals surface area contributed by atoms with Crippen molar-refractivity contribution in [2.75, 3.05) is 7.05 Å². The molecule has 0 unspecified atom stereocenters. The summed E-state index contributed by atoms with van der Waals surface area (Å²) in [5, 5.41) is 4.04. The molecule has 0 heterocycles. The van der Waals surface area contributed by atoms with Crippen LogP contribution in [-0.4, -0.2) is 20.0 Å². The zero-order chi connectivity index (χ0) is 10.1. The largest absolute Gasteiger partial charge is 0.296 e. The Balaban J connectivity index is 3.39. The first-order chi connectivity index (χ1) is 5.95. The molecule has 0 atom stereocenters. The molecule has 0 aliphatic carbocycles. The van der Waals surface area contributed by atoms with Crippen LogP contribution in [0.25, 0.3) is 0 Å². The van der Waals surface area contributed by atoms with Crippen molar-refractivity contribution in [3.8, 4) is 0 Å². The molecule has 1 rings (SSSR count). The minimum atomic E-state index is -4.21. The molecule has 1 radical (unpaired) electrons. The lowest BCUT2D eigenvalue weighted by molar-refractivity contribution is 0.483. The van der Waals surface area contributed by atoms with Crippen molar-refractivity contribution < 1.29 is 13.0 Å². The number of rotatable bonds is 2. The van der Waals surface area contributed by atoms with E-state index in [0.29, 0.717) is 5.02 Å². The highest BCUT2D eigenvalue weighted by Crippen LogP contribution is 2.24. The topological polar surface area (TPSA) is 68.5 Å². The van der Waals surface area contributed by atoms with Gasteiger partial charge >= 0.3 is 0 Å². The van der Waals surface area contributed by atoms with Gasteiger partial charge in [0.05, 0.1) is 5.69 Å². The van der Waals surface area contributed by atoms with Crippen LogP contribution in [0.1, 0.15) is 0 Å². The van der Waals surface area contributed by atoms with Gasteiger partial charge in [-0.05, 0) is 18.2 Å². The SMILES string of the molecule is C[N]c1cc(Cl)ccc1S(=O)(=O)O. The lowest BCUT2D eigenvalue weighted by atomic mass is 10.3. The molecule has 1 aromatic carbocycles. The second-order valence-corrected chi connectivity index (χ2v) is 4.14. The molecule has 0 fully saturated rings. The van der Waals surface area contributed by atoms with E-state index in [1.807, 2.05) is 0 Å². The number of halogens is 1. The minimum absolute atomic E-state index is 0.148. The van der Waals surface area contributed by atoms with Crippen molar-refractivity contribution in [3.63, 3.8) is 0 Å². The average Bonchev–Trinajstić information content (AvgIpc) is 2.01. The van der Waals surface area contributed by atoms with Gasteiger partial charge in [-0.1, -0.05) is 11.6 Å². The fraction of sp³-hybridized carbons (Fsp3) is 0.143. The Morgan fingerprint density at radius 3 is 2.54 bits per heavy atom. The second kappa shape index (κ2) is 3.53. The van der Waals surface area contributed by atoms with Gasteiger partial charge in [0.2, 0.25) is 0 Å². The first-order valence-electron chi connectivity index (χ1n) is 3.32. The van der Waals surface area contributed by atoms with Crippen LogP contribution in [0.3, 0.4) is 0 Å². The molecule has 0 bridgehead atoms. The van der Waals surface area contributed by atoms with Gasteiger partial charge in [0, 0.05) is 12.1 Å². The molecule has 71 valence electrons. The van der Waals surface area contributed by atoms with Crippen LogP contribution in [0.15, 0.2) is 23.1 Å². The molecule has 1 aromatic rings. The summed E-state index contributed by atoms with van der Waals surface area (Å²) in [4.78, 5) is -0.237. The molecule has 0 amide bonds. The molecular formula is C7H7ClNO3S. The van der Waals surface area contributed by atoms with E-state index in [2.05, 4.69) is 5.32 Å². The molecule has 0 saturated heterocycles. The summed E-state index contributed by atoms with van der Waals surface area (Å²) < 4.78 is 30.3. The van der Waals surface area contributed by atoms with Crippen molar-refractivity contribution in [2.45, 2.75) is 4.90 Å². The van der Waals surface area contributed by atoms with Crippen molar-refractivity contribution in [1.82, 2.24) is 5.32 Å². The smallest absolute Gasteiger partial charge is 0.287 e. The summed E-state index contributed by atoms with van der Waals surface area (Å²) in [6.07, 6.45) is 0. The number of nitrogens with zero attached hydrogens (tertiary/aromatic N) is 1. The van der Waals surface area contributed by atoms with Crippen molar-refractivity contribution in [1.29, 1.82) is 0 Å². The molecular weight excluding hydrogens is 214 g/mol. The second-order valence-electron chi connectivity index (χ2n) is 2.31. The van der Waals surface area contributed by atoms with Gasteiger partial charge in [-0.2, -0.15) is 8.42 Å². The Labute approximate surface area is 81.3 Å². The van der Waals surface area contributed by atoms with Gasteiger partial charge in [0.25, 0.3) is 10.1 Å². The average molecular weight is 221 g/mol. The van der Waals surface area contributed by atoms with E-state index in [-0.39, 0.29) is 10.6 Å². The van der Waals surface area contributed by atoms with E-state index in [4.69, 9.17) is 16.2 Å². The summed E-state index contributed by atoms with van der Waals surface area (Å²) in [5.74, 6) is 0. The van der Waals surface area contributed by atoms with Crippen molar-refractivity contribution in [3.05, 3.63) is 23.2 Å². The van der Waals surface area contributed by atoms with Crippen LogP contribution in [0.4, 0.5) is 5.69 Å². The van der Waals surface area contributed by atoms with E-state index in [1.165, 1.54) is 25.2 Å². The Hall–Kier alpha value is -0.780. The summed E-state index contributed by atoms with van der Waals surface area (Å²) in [6, 6.07) is 3.95. The first kappa shape index (κ1) is 10.3. The maximum Gasteiger partial charge on any atom is 0.296 e. The third-order valence-corrected chi connectivity index (χ3v) is 2.58. The van der Waals surface area contributed by atoms with Crippen LogP contribution in [-0.2, 0) is 10.1 Å². The third-order valence-electron chi connectivity index (χ3n) is 1.44. The summed E-state index contributed by atoms with van der Waals surface area (Å²) in [7, 11) is -2.80. The Bertz CT molecular complexity index is 416. The highest BCUT2D eigenvalue weighted by Gasteiger charge is 2.15. The van der Waals surface area contributed by atoms with E-state index in [9.17, 15) is 8.42 Å². The van der Waals surface area contributed by atoms with Gasteiger partial charge in [0.1, 0.15) is 4.90 Å². The number of hydrogen-bond donors (Lipinski definition) is 1. The lowest BCUT2D eigenvalue weighted by Gasteiger charge is -2.03. The van der Waals surface area contributed by atoms with Crippen LogP contribution < -0.4 is 5.32 Å². The van der Waals surface area contributed by atoms with Gasteiger partial charge < -0.3 is 0 Å². The molecule has 0 aromatic heterocycles. The fourth-order valence-corrected chi connectivity index (χ4v) is 1.70. The van der Waals surface area contributed by atoms with E-state index < -0.39 is 10.1 Å². The Morgan fingerprint density at radius 1 is 1.46 bits per heavy atom. The summed E-state index contributed by atoms with van der Waals surface area (Å²) in [5.41, 5.74) is 0.148. The predicted molar refractivity (Wildman–Crippen MR) is 49.0 cm³/mol. The zero-order valence-corrected chi connectivity index (χ0v) is 8.30. The van der Waals surface area contributed by atoms with E-state index >= 15 is 0 Å². The van der Waals surface area contributed by atoms with Crippen molar-refractivity contribution >= 4 is 27.4 Å². The molecule has 4 nitrogen and oxygen atoms in total. The summed E-state index contributed by atoms with van der Waals surface area (Å²) >= 11 is 5.61. The molecule has 0 aliphatic heterocycles. The zero-order valence-electron chi connectivity index (χ0n) is 6.73. The van der Waals surface area contributed by atoms with Crippen LogP contribution in [0, 0.1) is 0 Å². The highest BCUT2D eigenvalue weighted by molar-refractivity contribution is 7.86. The minimum Gasteiger partial charge on any atom is -0.287 e. The Morgan fingerprint density at radius 2 is 2.08 bits per heavy atom. The first-order valence-corrected chi connectivity index (χ1v) is 5.14. The van der Waals surface area contributed by atoms with E-state index in [1.54, 1.807) is 0 Å². The monoisotopic (exact) mass is 220 g/mol. The van der Waals surface area contributed by atoms with E-state index in [0.717, 1.165) is 0 Å². The van der Waals surface area contributed by atoms with Crippen LogP contribution >= 0.6 is 11.6 Å². The highest BCUT2D eigenvalue weighted by atomic mass is 35.5. The Kier molecular flexibility index (Phi) is 2.80. The summed E-state index contributed by atoms with van der Waals surface area (Å²) in [6.45, 7) is 0. The van der Waals surface area contributed by atoms with Crippen LogP contribution in [0.2, 0.25) is 5.02 Å². The number of hydrogen-bond acceptors (Lipinski definition) is 2. The van der Waals surface area contributed by atoms with Crippen LogP contribution in [0.5, 0.6) is 0 Å². The molecule has 6 heteroatoms. The predicted octanol–water partition coefficient (Wildman–Crippen LogP) is 1.45. The lowest BCUT2D eigenvalue weighted by Crippen LogP contribution is -2.02. The molecule has 1 N–H and O–H groups in total. The standard InChI is InChI=1S/C7H7ClNO3S/c1-9-6-4-5(8)2-3-7(6)13(10,11)12/h2-4H,1H3,(H,10,11,12). The third kappa shape index (κ3) is 2.33.